The van der Waals surface area contributed by atoms with Crippen molar-refractivity contribution in [3.05, 3.63) is 48.6 Å². The third-order valence-electron chi connectivity index (χ3n) is 9.87. The van der Waals surface area contributed by atoms with Crippen LogP contribution in [-0.4, -0.2) is 46.1 Å². The van der Waals surface area contributed by atoms with Crippen LogP contribution in [0.3, 0.4) is 0 Å². The molecule has 3 atom stereocenters. The number of hydrogen-bond donors (Lipinski definition) is 4. The largest absolute Gasteiger partial charge is 0.394 e. The van der Waals surface area contributed by atoms with Crippen molar-refractivity contribution in [2.24, 2.45) is 0 Å². The molecule has 51 heavy (non-hydrogen) atoms. The summed E-state index contributed by atoms with van der Waals surface area (Å²) < 4.78 is 0. The molecule has 0 aliphatic carbocycles. The van der Waals surface area contributed by atoms with Crippen LogP contribution in [0.5, 0.6) is 0 Å². The standard InChI is InChI=1S/C46H85NO4/c1-3-5-7-9-11-13-15-17-19-21-22-23-25-27-29-31-33-35-37-39-41-45(50)46(51)47-43(42-48)44(49)40-38-36-34-32-30-28-26-24-20-18-16-14-12-10-8-6-4-2/h20,23-25,30,32,38,40,43-45,48-50H,3-19,21-22,26-29,31,33-37,39,41-42H2,1-2H3,(H,47,51)/b24-20+,25-23-,32-30+,40-38+. The van der Waals surface area contributed by atoms with E-state index >= 15 is 0 Å². The maximum absolute atomic E-state index is 12.5. The van der Waals surface area contributed by atoms with Crippen molar-refractivity contribution in [2.75, 3.05) is 6.61 Å². The predicted octanol–water partition coefficient (Wildman–Crippen LogP) is 12.5. The van der Waals surface area contributed by atoms with Gasteiger partial charge in [0, 0.05) is 0 Å². The molecule has 0 saturated carbocycles. The number of carbonyl (C=O) groups excluding carboxylic acids is 1. The van der Waals surface area contributed by atoms with Crippen molar-refractivity contribution in [3.8, 4) is 0 Å². The van der Waals surface area contributed by atoms with Gasteiger partial charge in [0.1, 0.15) is 6.10 Å². The van der Waals surface area contributed by atoms with Gasteiger partial charge in [0.15, 0.2) is 0 Å². The lowest BCUT2D eigenvalue weighted by molar-refractivity contribution is -0.131. The van der Waals surface area contributed by atoms with E-state index in [1.165, 1.54) is 141 Å². The first-order valence-corrected chi connectivity index (χ1v) is 22.0. The first kappa shape index (κ1) is 49.3. The highest BCUT2D eigenvalue weighted by molar-refractivity contribution is 5.80. The Labute approximate surface area is 316 Å². The molecule has 1 amide bonds. The van der Waals surface area contributed by atoms with Gasteiger partial charge in [-0.1, -0.05) is 191 Å². The van der Waals surface area contributed by atoms with Gasteiger partial charge in [-0.05, 0) is 70.6 Å². The minimum absolute atomic E-state index is 0.384. The first-order valence-electron chi connectivity index (χ1n) is 22.0. The summed E-state index contributed by atoms with van der Waals surface area (Å²) in [6, 6.07) is -0.823. The van der Waals surface area contributed by atoms with E-state index in [1.54, 1.807) is 6.08 Å². The van der Waals surface area contributed by atoms with Crippen molar-refractivity contribution in [1.29, 1.82) is 0 Å². The molecule has 3 unspecified atom stereocenters. The molecule has 0 saturated heterocycles. The van der Waals surface area contributed by atoms with Crippen LogP contribution in [0.4, 0.5) is 0 Å². The molecule has 0 spiro atoms. The Morgan fingerprint density at radius 2 is 0.804 bits per heavy atom. The minimum atomic E-state index is -1.11. The summed E-state index contributed by atoms with van der Waals surface area (Å²) in [5.41, 5.74) is 0. The lowest BCUT2D eigenvalue weighted by Gasteiger charge is -2.21. The highest BCUT2D eigenvalue weighted by atomic mass is 16.3. The van der Waals surface area contributed by atoms with E-state index < -0.39 is 24.2 Å². The average molecular weight is 716 g/mol. The summed E-state index contributed by atoms with van der Waals surface area (Å²) in [4.78, 5) is 12.5. The quantitative estimate of drug-likeness (QED) is 0.0377. The summed E-state index contributed by atoms with van der Waals surface area (Å²) in [6.07, 6.45) is 52.8. The molecular formula is C46H85NO4. The zero-order valence-electron chi connectivity index (χ0n) is 33.7. The maximum Gasteiger partial charge on any atom is 0.249 e. The molecule has 298 valence electrons. The molecule has 0 aromatic carbocycles. The monoisotopic (exact) mass is 716 g/mol. The summed E-state index contributed by atoms with van der Waals surface area (Å²) in [5, 5.41) is 33.1. The van der Waals surface area contributed by atoms with Crippen LogP contribution in [0.15, 0.2) is 48.6 Å². The van der Waals surface area contributed by atoms with Crippen LogP contribution in [0.2, 0.25) is 0 Å². The van der Waals surface area contributed by atoms with Crippen LogP contribution in [0.25, 0.3) is 0 Å². The van der Waals surface area contributed by atoms with Gasteiger partial charge in [0.2, 0.25) is 5.91 Å². The van der Waals surface area contributed by atoms with E-state index in [-0.39, 0.29) is 6.61 Å². The molecule has 0 aliphatic rings. The molecule has 0 aliphatic heterocycles. The van der Waals surface area contributed by atoms with E-state index in [9.17, 15) is 20.1 Å². The molecule has 0 rings (SSSR count). The molecule has 0 aromatic heterocycles. The van der Waals surface area contributed by atoms with Crippen LogP contribution < -0.4 is 5.32 Å². The number of unbranched alkanes of at least 4 members (excludes halogenated alkanes) is 25. The van der Waals surface area contributed by atoms with Gasteiger partial charge in [-0.2, -0.15) is 0 Å². The number of carbonyl (C=O) groups is 1. The minimum Gasteiger partial charge on any atom is -0.394 e. The number of nitrogens with one attached hydrogen (secondary N) is 1. The molecular weight excluding hydrogens is 631 g/mol. The Morgan fingerprint density at radius 1 is 0.471 bits per heavy atom. The van der Waals surface area contributed by atoms with Crippen LogP contribution >= 0.6 is 0 Å². The Hall–Kier alpha value is -1.69. The van der Waals surface area contributed by atoms with Crippen molar-refractivity contribution < 1.29 is 20.1 Å². The smallest absolute Gasteiger partial charge is 0.249 e. The number of rotatable bonds is 39. The number of aliphatic hydroxyl groups is 3. The Balaban J connectivity index is 3.76. The van der Waals surface area contributed by atoms with Crippen molar-refractivity contribution >= 4 is 5.91 Å². The lowest BCUT2D eigenvalue weighted by Crippen LogP contribution is -2.48. The van der Waals surface area contributed by atoms with E-state index in [0.717, 1.165) is 51.4 Å². The van der Waals surface area contributed by atoms with Crippen LogP contribution in [-0.2, 0) is 4.79 Å². The highest BCUT2D eigenvalue weighted by Gasteiger charge is 2.22. The fourth-order valence-corrected chi connectivity index (χ4v) is 6.39. The third-order valence-corrected chi connectivity index (χ3v) is 9.87. The molecule has 0 bridgehead atoms. The topological polar surface area (TPSA) is 89.8 Å². The second-order valence-electron chi connectivity index (χ2n) is 14.9. The summed E-state index contributed by atoms with van der Waals surface area (Å²) in [6.45, 7) is 4.16. The zero-order valence-corrected chi connectivity index (χ0v) is 33.7. The van der Waals surface area contributed by atoms with E-state index in [4.69, 9.17) is 0 Å². The number of hydrogen-bond acceptors (Lipinski definition) is 4. The molecule has 5 heteroatoms. The van der Waals surface area contributed by atoms with Crippen molar-refractivity contribution in [3.63, 3.8) is 0 Å². The SMILES string of the molecule is CCCCCCCCC/C=C/CC/C=C/CC/C=C/C(O)C(CO)NC(=O)C(O)CCCCCCCC/C=C\CCCCCCCCCCCC. The predicted molar refractivity (Wildman–Crippen MR) is 222 cm³/mol. The fraction of sp³-hybridized carbons (Fsp3) is 0.804. The van der Waals surface area contributed by atoms with Gasteiger partial charge in [0.05, 0.1) is 18.8 Å². The van der Waals surface area contributed by atoms with Crippen LogP contribution in [0.1, 0.15) is 213 Å². The molecule has 0 radical (unpaired) electrons. The second kappa shape index (κ2) is 41.1. The van der Waals surface area contributed by atoms with Crippen molar-refractivity contribution in [2.45, 2.75) is 231 Å². The molecule has 0 heterocycles. The van der Waals surface area contributed by atoms with Gasteiger partial charge < -0.3 is 20.6 Å². The van der Waals surface area contributed by atoms with Crippen LogP contribution in [0, 0.1) is 0 Å². The van der Waals surface area contributed by atoms with Gasteiger partial charge in [-0.3, -0.25) is 4.79 Å². The third kappa shape index (κ3) is 36.5. The first-order chi connectivity index (χ1) is 25.1. The van der Waals surface area contributed by atoms with E-state index in [1.807, 2.05) is 6.08 Å². The number of aliphatic hydroxyl groups excluding tert-OH is 3. The summed E-state index contributed by atoms with van der Waals surface area (Å²) in [7, 11) is 0. The fourth-order valence-electron chi connectivity index (χ4n) is 6.39. The highest BCUT2D eigenvalue weighted by Crippen LogP contribution is 2.14. The lowest BCUT2D eigenvalue weighted by atomic mass is 10.0. The zero-order chi connectivity index (χ0) is 37.3. The Bertz CT molecular complexity index is 835. The molecule has 0 fully saturated rings. The van der Waals surface area contributed by atoms with E-state index in [0.29, 0.717) is 6.42 Å². The maximum atomic E-state index is 12.5. The number of amides is 1. The normalized spacial score (nSPS) is 14.1. The Morgan fingerprint density at radius 3 is 1.20 bits per heavy atom. The van der Waals surface area contributed by atoms with Gasteiger partial charge in [-0.15, -0.1) is 0 Å². The summed E-state index contributed by atoms with van der Waals surface area (Å²) in [5.74, 6) is -0.523. The second-order valence-corrected chi connectivity index (χ2v) is 14.9. The number of allylic oxidation sites excluding steroid dienone is 7. The van der Waals surface area contributed by atoms with Crippen molar-refractivity contribution in [1.82, 2.24) is 5.32 Å². The summed E-state index contributed by atoms with van der Waals surface area (Å²) >= 11 is 0. The van der Waals surface area contributed by atoms with Gasteiger partial charge in [-0.25, -0.2) is 0 Å². The van der Waals surface area contributed by atoms with Gasteiger partial charge in [0.25, 0.3) is 0 Å². The molecule has 0 aromatic rings. The van der Waals surface area contributed by atoms with E-state index in [2.05, 4.69) is 55.6 Å². The average Bonchev–Trinajstić information content (AvgIpc) is 3.13. The molecule has 5 nitrogen and oxygen atoms in total. The Kier molecular flexibility index (Phi) is 39.7. The van der Waals surface area contributed by atoms with Gasteiger partial charge >= 0.3 is 0 Å². The molecule has 4 N–H and O–H groups in total.